The van der Waals surface area contributed by atoms with Crippen molar-refractivity contribution in [2.45, 2.75) is 7.43 Å². The average molecular weight is 290 g/mol. The molecule has 0 aliphatic heterocycles. The molecule has 0 aliphatic carbocycles. The second-order valence-corrected chi connectivity index (χ2v) is 2.87. The Morgan fingerprint density at radius 2 is 1.41 bits per heavy atom. The van der Waals surface area contributed by atoms with Crippen molar-refractivity contribution in [3.63, 3.8) is 0 Å². The summed E-state index contributed by atoms with van der Waals surface area (Å²) in [5, 5.41) is 1.28. The van der Waals surface area contributed by atoms with E-state index in [4.69, 9.17) is 4.79 Å². The van der Waals surface area contributed by atoms with Crippen LogP contribution in [0.3, 0.4) is 0 Å². The fourth-order valence-electron chi connectivity index (χ4n) is 0.639. The van der Waals surface area contributed by atoms with Crippen LogP contribution in [0.1, 0.15) is 7.43 Å². The van der Waals surface area contributed by atoms with Gasteiger partial charge in [-0.05, 0) is 12.1 Å². The molecule has 0 radical (unpaired) electrons. The predicted octanol–water partition coefficient (Wildman–Crippen LogP) is -3.98. The van der Waals surface area contributed by atoms with E-state index in [2.05, 4.69) is 36.3 Å². The van der Waals surface area contributed by atoms with Gasteiger partial charge in [-0.15, -0.1) is 0 Å². The van der Waals surface area contributed by atoms with Crippen LogP contribution in [0.25, 0.3) is 0 Å². The number of nitrogens with two attached hydrogens (primary N) is 1. The monoisotopic (exact) mass is 290 g/mol. The van der Waals surface area contributed by atoms with Crippen molar-refractivity contribution >= 4 is 41.4 Å². The van der Waals surface area contributed by atoms with Crippen LogP contribution < -0.4 is 70.2 Å². The predicted molar refractivity (Wildman–Crippen MR) is 66.5 cm³/mol. The molecule has 0 fully saturated rings. The molecule has 0 spiro atoms. The summed E-state index contributed by atoms with van der Waals surface area (Å²) < 4.78 is 0. The first-order valence-electron chi connectivity index (χ1n) is 3.52. The summed E-state index contributed by atoms with van der Waals surface area (Å²) in [6.07, 6.45) is 0. The van der Waals surface area contributed by atoms with Crippen molar-refractivity contribution in [2.24, 2.45) is 5.73 Å². The first-order chi connectivity index (χ1) is 6.52. The van der Waals surface area contributed by atoms with Gasteiger partial charge in [-0.25, -0.2) is 0 Å². The molecule has 0 saturated heterocycles. The van der Waals surface area contributed by atoms with Crippen molar-refractivity contribution in [3.8, 4) is 0 Å². The van der Waals surface area contributed by atoms with Gasteiger partial charge in [-0.1, -0.05) is 25.6 Å². The fraction of sp³-hybridized carbons (Fsp3) is 0.111. The van der Waals surface area contributed by atoms with Crippen LogP contribution in [0.4, 0.5) is 15.3 Å². The first kappa shape index (κ1) is 26.2. The van der Waals surface area contributed by atoms with Gasteiger partial charge < -0.3 is 45.9 Å². The summed E-state index contributed by atoms with van der Waals surface area (Å²) in [6.45, 7) is 0. The summed E-state index contributed by atoms with van der Waals surface area (Å²) >= 11 is 8.07. The summed E-state index contributed by atoms with van der Waals surface area (Å²) in [6, 6.07) is 9.11. The number of anilines is 1. The van der Waals surface area contributed by atoms with Gasteiger partial charge >= 0.3 is 59.1 Å². The molecule has 0 aliphatic rings. The Morgan fingerprint density at radius 1 is 1.06 bits per heavy atom. The summed E-state index contributed by atoms with van der Waals surface area (Å²) in [5.74, 6) is 0. The molecule has 4 nitrogen and oxygen atoms in total. The number of hydrogen-bond acceptors (Lipinski definition) is 4. The van der Waals surface area contributed by atoms with Crippen LogP contribution in [-0.2, 0) is 25.3 Å². The molecular formula is C9H12N2Na2O2S2. The number of primary amides is 1. The summed E-state index contributed by atoms with van der Waals surface area (Å²) in [4.78, 5) is 19.4. The molecule has 1 rings (SSSR count). The zero-order chi connectivity index (χ0) is 11.0. The third-order valence-corrected chi connectivity index (χ3v) is 1.12. The third kappa shape index (κ3) is 22.3. The maximum Gasteiger partial charge on any atom is 1.00 e. The number of amides is 2. The maximum atomic E-state index is 10.3. The molecule has 0 saturated carbocycles. The normalized spacial score (nSPS) is 6.59. The van der Waals surface area contributed by atoms with Gasteiger partial charge in [0.15, 0.2) is 0 Å². The van der Waals surface area contributed by atoms with Crippen LogP contribution >= 0.6 is 0 Å². The number of carbonyl (C=O) groups excluding carboxylic acids is 2. The van der Waals surface area contributed by atoms with Crippen LogP contribution in [0.15, 0.2) is 30.3 Å². The van der Waals surface area contributed by atoms with Crippen molar-refractivity contribution in [1.29, 1.82) is 0 Å². The Kier molecular flexibility index (Phi) is 25.6. The molecule has 3 N–H and O–H groups in total. The molecule has 0 heterocycles. The van der Waals surface area contributed by atoms with E-state index in [-0.39, 0.29) is 66.5 Å². The number of hydrogen-bond donors (Lipinski definition) is 2. The van der Waals surface area contributed by atoms with Gasteiger partial charge in [0.1, 0.15) is 5.24 Å². The quantitative estimate of drug-likeness (QED) is 0.409. The van der Waals surface area contributed by atoms with E-state index in [1.54, 1.807) is 12.1 Å². The average Bonchev–Trinajstić information content (AvgIpc) is 2.03. The van der Waals surface area contributed by atoms with Crippen molar-refractivity contribution in [2.75, 3.05) is 5.32 Å². The van der Waals surface area contributed by atoms with Crippen molar-refractivity contribution in [1.82, 2.24) is 0 Å². The van der Waals surface area contributed by atoms with Gasteiger partial charge in [0.25, 0.3) is 0 Å². The van der Waals surface area contributed by atoms with Crippen molar-refractivity contribution < 1.29 is 68.7 Å². The van der Waals surface area contributed by atoms with Gasteiger partial charge in [0.05, 0.1) is 5.24 Å². The van der Waals surface area contributed by atoms with Crippen molar-refractivity contribution in [3.05, 3.63) is 30.3 Å². The maximum absolute atomic E-state index is 10.3. The first-order valence-corrected chi connectivity index (χ1v) is 4.33. The minimum atomic E-state index is -0.750. The molecule has 1 aromatic carbocycles. The van der Waals surface area contributed by atoms with E-state index in [9.17, 15) is 4.79 Å². The van der Waals surface area contributed by atoms with E-state index >= 15 is 0 Å². The molecule has 0 aromatic heterocycles. The molecular weight excluding hydrogens is 278 g/mol. The Morgan fingerprint density at radius 3 is 1.71 bits per heavy atom. The van der Waals surface area contributed by atoms with Gasteiger partial charge in [0.2, 0.25) is 0 Å². The number of nitrogens with one attached hydrogen (secondary N) is 1. The second-order valence-electron chi connectivity index (χ2n) is 2.10. The minimum absolute atomic E-state index is 0. The van der Waals surface area contributed by atoms with E-state index in [0.29, 0.717) is 0 Å². The van der Waals surface area contributed by atoms with E-state index in [0.717, 1.165) is 5.69 Å². The van der Waals surface area contributed by atoms with Gasteiger partial charge in [-0.3, -0.25) is 0 Å². The molecule has 0 unspecified atom stereocenters. The topological polar surface area (TPSA) is 72.2 Å². The Balaban J connectivity index is -0.000000108. The third-order valence-electron chi connectivity index (χ3n) is 1.02. The number of carbonyl (C=O) groups is 2. The number of benzene rings is 1. The van der Waals surface area contributed by atoms with Crippen LogP contribution in [-0.4, -0.2) is 10.5 Å². The van der Waals surface area contributed by atoms with E-state index < -0.39 is 10.5 Å². The van der Waals surface area contributed by atoms with Crippen LogP contribution in [0.2, 0.25) is 0 Å². The fourth-order valence-corrected chi connectivity index (χ4v) is 0.757. The largest absolute Gasteiger partial charge is 1.00 e. The molecule has 2 amide bonds. The Labute approximate surface area is 157 Å². The molecule has 0 atom stereocenters. The van der Waals surface area contributed by atoms with Gasteiger partial charge in [-0.2, -0.15) is 0 Å². The van der Waals surface area contributed by atoms with E-state index in [1.165, 1.54) is 0 Å². The zero-order valence-corrected chi connectivity index (χ0v) is 14.7. The minimum Gasteiger partial charge on any atom is -0.719 e. The summed E-state index contributed by atoms with van der Waals surface area (Å²) in [7, 11) is 0. The molecule has 84 valence electrons. The molecule has 1 aromatic rings. The molecule has 17 heavy (non-hydrogen) atoms. The number of rotatable bonds is 1. The second kappa shape index (κ2) is 16.6. The number of para-hydroxylation sites is 1. The molecule has 8 heteroatoms. The van der Waals surface area contributed by atoms with Gasteiger partial charge in [0, 0.05) is 5.69 Å². The van der Waals surface area contributed by atoms with Crippen LogP contribution in [0.5, 0.6) is 0 Å². The van der Waals surface area contributed by atoms with E-state index in [1.807, 2.05) is 18.2 Å². The summed E-state index contributed by atoms with van der Waals surface area (Å²) in [5.41, 5.74) is 5.03. The zero-order valence-electron chi connectivity index (χ0n) is 9.10. The SMILES string of the molecule is C.NC(=O)[S-].O=C([S-])Nc1ccccc1.[Na+].[Na+]. The molecule has 0 bridgehead atoms. The Hall–Kier alpha value is 0.600. The smallest absolute Gasteiger partial charge is 0.719 e. The standard InChI is InChI=1S/C7H7NOS.CH3NOS.CH4.2Na/c9-7(10)8-6-4-2-1-3-5-6;2-1(3)4;;;/h1-5H,(H2,8,9,10);(H3,2,3,4);1H4;;/q;;;2*+1/p-2. The Bertz CT molecular complexity index is 309. The van der Waals surface area contributed by atoms with Crippen LogP contribution in [0, 0.1) is 0 Å².